The van der Waals surface area contributed by atoms with Gasteiger partial charge in [-0.15, -0.1) is 0 Å². The highest BCUT2D eigenvalue weighted by molar-refractivity contribution is 6.30. The van der Waals surface area contributed by atoms with E-state index < -0.39 is 18.1 Å². The Kier molecular flexibility index (Phi) is 5.58. The number of hydrogen-bond acceptors (Lipinski definition) is 4. The molecule has 1 aliphatic heterocycles. The second kappa shape index (κ2) is 7.22. The van der Waals surface area contributed by atoms with Gasteiger partial charge in [-0.05, 0) is 49.5 Å². The largest absolute Gasteiger partial charge is 0.387 e. The third-order valence-corrected chi connectivity index (χ3v) is 4.31. The van der Waals surface area contributed by atoms with Crippen LogP contribution in [0.25, 0.3) is 0 Å². The van der Waals surface area contributed by atoms with Crippen molar-refractivity contribution in [1.82, 2.24) is 4.90 Å². The van der Waals surface area contributed by atoms with Crippen LogP contribution >= 0.6 is 11.6 Å². The van der Waals surface area contributed by atoms with Crippen LogP contribution in [0, 0.1) is 5.92 Å². The number of β-amino-alcohol motifs (C(OH)–C–C–N with tert-alkyl or cyclic N) is 1. The lowest BCUT2D eigenvalue weighted by atomic mass is 9.90. The fraction of sp³-hybridized carbons (Fsp3) is 0.533. The van der Waals surface area contributed by atoms with Crippen molar-refractivity contribution in [3.8, 4) is 0 Å². The number of amides is 1. The number of halogens is 1. The minimum absolute atomic E-state index is 0.0774. The molecule has 0 saturated carbocycles. The molecule has 2 atom stereocenters. The van der Waals surface area contributed by atoms with Crippen LogP contribution in [0.3, 0.4) is 0 Å². The molecule has 0 radical (unpaired) electrons. The topological polar surface area (TPSA) is 86.8 Å². The number of piperidine rings is 1. The third-order valence-electron chi connectivity index (χ3n) is 4.06. The Bertz CT molecular complexity index is 472. The first-order valence-electron chi connectivity index (χ1n) is 7.10. The molecule has 0 aromatic heterocycles. The number of carbonyl (C=O) groups is 1. The quantitative estimate of drug-likeness (QED) is 0.755. The molecular weight excluding hydrogens is 292 g/mol. The van der Waals surface area contributed by atoms with E-state index in [4.69, 9.17) is 17.3 Å². The number of hydrogen-bond donors (Lipinski definition) is 3. The van der Waals surface area contributed by atoms with Crippen LogP contribution in [0.15, 0.2) is 24.3 Å². The van der Waals surface area contributed by atoms with Gasteiger partial charge in [0, 0.05) is 11.6 Å². The summed E-state index contributed by atoms with van der Waals surface area (Å²) in [6.07, 6.45) is -0.220. The summed E-state index contributed by atoms with van der Waals surface area (Å²) >= 11 is 5.83. The first-order valence-corrected chi connectivity index (χ1v) is 7.48. The summed E-state index contributed by atoms with van der Waals surface area (Å²) in [6, 6.07) is 7.15. The van der Waals surface area contributed by atoms with Crippen LogP contribution in [-0.4, -0.2) is 46.8 Å². The number of aliphatic hydroxyl groups is 2. The normalized spacial score (nSPS) is 20.1. The SMILES string of the molecule is NC(=O)[C@H](O)C1CCN(C[C@H](O)c2ccc(Cl)cc2)CC1. The molecule has 1 aliphatic rings. The molecule has 1 heterocycles. The number of nitrogens with two attached hydrogens (primary N) is 1. The third kappa shape index (κ3) is 4.41. The summed E-state index contributed by atoms with van der Waals surface area (Å²) in [4.78, 5) is 13.1. The molecule has 2 rings (SSSR count). The van der Waals surface area contributed by atoms with E-state index in [0.29, 0.717) is 24.4 Å². The average molecular weight is 313 g/mol. The van der Waals surface area contributed by atoms with Gasteiger partial charge in [0.25, 0.3) is 0 Å². The van der Waals surface area contributed by atoms with Gasteiger partial charge >= 0.3 is 0 Å². The van der Waals surface area contributed by atoms with Gasteiger partial charge < -0.3 is 20.8 Å². The van der Waals surface area contributed by atoms with E-state index in [1.54, 1.807) is 12.1 Å². The van der Waals surface area contributed by atoms with E-state index in [1.165, 1.54) is 0 Å². The number of carbonyl (C=O) groups excluding carboxylic acids is 1. The lowest BCUT2D eigenvalue weighted by Gasteiger charge is -2.34. The first-order chi connectivity index (χ1) is 9.97. The summed E-state index contributed by atoms with van der Waals surface area (Å²) < 4.78 is 0. The summed E-state index contributed by atoms with van der Waals surface area (Å²) in [5, 5.41) is 20.5. The van der Waals surface area contributed by atoms with Crippen LogP contribution in [0.4, 0.5) is 0 Å². The molecule has 4 N–H and O–H groups in total. The molecule has 5 nitrogen and oxygen atoms in total. The lowest BCUT2D eigenvalue weighted by Crippen LogP contribution is -2.43. The van der Waals surface area contributed by atoms with E-state index >= 15 is 0 Å². The molecule has 0 unspecified atom stereocenters. The van der Waals surface area contributed by atoms with Gasteiger partial charge in [0.2, 0.25) is 5.91 Å². The molecule has 0 spiro atoms. The number of likely N-dealkylation sites (tertiary alicyclic amines) is 1. The van der Waals surface area contributed by atoms with E-state index in [1.807, 2.05) is 12.1 Å². The van der Waals surface area contributed by atoms with Gasteiger partial charge in [0.1, 0.15) is 6.10 Å². The maximum atomic E-state index is 11.0. The van der Waals surface area contributed by atoms with Crippen molar-refractivity contribution in [1.29, 1.82) is 0 Å². The second-order valence-electron chi connectivity index (χ2n) is 5.55. The number of primary amides is 1. The number of rotatable bonds is 5. The summed E-state index contributed by atoms with van der Waals surface area (Å²) in [5.41, 5.74) is 5.95. The molecule has 1 saturated heterocycles. The van der Waals surface area contributed by atoms with Crippen LogP contribution in [0.1, 0.15) is 24.5 Å². The number of nitrogens with zero attached hydrogens (tertiary/aromatic N) is 1. The van der Waals surface area contributed by atoms with Crippen molar-refractivity contribution < 1.29 is 15.0 Å². The van der Waals surface area contributed by atoms with Crippen molar-refractivity contribution in [3.63, 3.8) is 0 Å². The van der Waals surface area contributed by atoms with E-state index in [0.717, 1.165) is 18.7 Å². The highest BCUT2D eigenvalue weighted by Gasteiger charge is 2.29. The Morgan fingerprint density at radius 3 is 2.38 bits per heavy atom. The lowest BCUT2D eigenvalue weighted by molar-refractivity contribution is -0.129. The molecule has 21 heavy (non-hydrogen) atoms. The Balaban J connectivity index is 1.83. The number of aliphatic hydroxyl groups excluding tert-OH is 2. The summed E-state index contributed by atoms with van der Waals surface area (Å²) in [6.45, 7) is 2.00. The predicted octanol–water partition coefficient (Wildman–Crippen LogP) is 0.932. The summed E-state index contributed by atoms with van der Waals surface area (Å²) in [7, 11) is 0. The Labute approximate surface area is 129 Å². The van der Waals surface area contributed by atoms with E-state index in [9.17, 15) is 15.0 Å². The molecule has 1 aromatic rings. The molecule has 116 valence electrons. The van der Waals surface area contributed by atoms with Gasteiger partial charge in [-0.1, -0.05) is 23.7 Å². The Morgan fingerprint density at radius 1 is 1.29 bits per heavy atom. The minimum atomic E-state index is -1.06. The van der Waals surface area contributed by atoms with Gasteiger partial charge in [-0.2, -0.15) is 0 Å². The Hall–Kier alpha value is -1.14. The maximum absolute atomic E-state index is 11.0. The minimum Gasteiger partial charge on any atom is -0.387 e. The van der Waals surface area contributed by atoms with Crippen LogP contribution in [0.2, 0.25) is 5.02 Å². The highest BCUT2D eigenvalue weighted by atomic mass is 35.5. The van der Waals surface area contributed by atoms with Gasteiger partial charge in [-0.3, -0.25) is 4.79 Å². The van der Waals surface area contributed by atoms with Crippen molar-refractivity contribution >= 4 is 17.5 Å². The molecule has 6 heteroatoms. The van der Waals surface area contributed by atoms with Crippen molar-refractivity contribution in [2.24, 2.45) is 11.7 Å². The number of benzene rings is 1. The van der Waals surface area contributed by atoms with Crippen LogP contribution < -0.4 is 5.73 Å². The molecule has 0 aliphatic carbocycles. The molecule has 1 amide bonds. The van der Waals surface area contributed by atoms with Gasteiger partial charge in [0.05, 0.1) is 6.10 Å². The van der Waals surface area contributed by atoms with Crippen molar-refractivity contribution in [2.45, 2.75) is 25.0 Å². The van der Waals surface area contributed by atoms with Crippen LogP contribution in [0.5, 0.6) is 0 Å². The van der Waals surface area contributed by atoms with E-state index in [-0.39, 0.29) is 5.92 Å². The maximum Gasteiger partial charge on any atom is 0.246 e. The molecule has 1 fully saturated rings. The fourth-order valence-corrected chi connectivity index (χ4v) is 2.84. The van der Waals surface area contributed by atoms with Crippen LogP contribution in [-0.2, 0) is 4.79 Å². The second-order valence-corrected chi connectivity index (χ2v) is 5.99. The smallest absolute Gasteiger partial charge is 0.246 e. The molecular formula is C15H21ClN2O3. The van der Waals surface area contributed by atoms with E-state index in [2.05, 4.69) is 4.90 Å². The highest BCUT2D eigenvalue weighted by Crippen LogP contribution is 2.23. The monoisotopic (exact) mass is 312 g/mol. The average Bonchev–Trinajstić information content (AvgIpc) is 2.47. The zero-order valence-electron chi connectivity index (χ0n) is 11.8. The Morgan fingerprint density at radius 2 is 1.86 bits per heavy atom. The van der Waals surface area contributed by atoms with Gasteiger partial charge in [0.15, 0.2) is 0 Å². The first kappa shape index (κ1) is 16.2. The molecule has 1 aromatic carbocycles. The summed E-state index contributed by atoms with van der Waals surface area (Å²) in [5.74, 6) is -0.735. The zero-order chi connectivity index (χ0) is 15.4. The zero-order valence-corrected chi connectivity index (χ0v) is 12.5. The standard InChI is InChI=1S/C15H21ClN2O3/c16-12-3-1-10(2-4-12)13(19)9-18-7-5-11(6-8-18)14(20)15(17)21/h1-4,11,13-14,19-20H,5-9H2,(H2,17,21)/t13-,14+/m0/s1. The van der Waals surface area contributed by atoms with Crippen molar-refractivity contribution in [2.75, 3.05) is 19.6 Å². The van der Waals surface area contributed by atoms with Crippen molar-refractivity contribution in [3.05, 3.63) is 34.9 Å². The van der Waals surface area contributed by atoms with Gasteiger partial charge in [-0.25, -0.2) is 0 Å². The fourth-order valence-electron chi connectivity index (χ4n) is 2.72. The molecule has 0 bridgehead atoms. The predicted molar refractivity (Wildman–Crippen MR) is 80.8 cm³/mol.